The van der Waals surface area contributed by atoms with Crippen LogP contribution in [0.25, 0.3) is 0 Å². The van der Waals surface area contributed by atoms with Crippen LogP contribution in [0.4, 0.5) is 4.79 Å². The lowest BCUT2D eigenvalue weighted by Gasteiger charge is -2.33. The Morgan fingerprint density at radius 3 is 2.48 bits per heavy atom. The van der Waals surface area contributed by atoms with E-state index >= 15 is 0 Å². The summed E-state index contributed by atoms with van der Waals surface area (Å²) in [4.78, 5) is 22.7. The number of rotatable bonds is 1. The molecule has 1 aromatic rings. The zero-order valence-corrected chi connectivity index (χ0v) is 15.2. The van der Waals surface area contributed by atoms with Crippen molar-refractivity contribution in [3.63, 3.8) is 0 Å². The fourth-order valence-electron chi connectivity index (χ4n) is 2.45. The van der Waals surface area contributed by atoms with Crippen LogP contribution >= 0.6 is 22.6 Å². The number of aromatic nitrogens is 2. The summed E-state index contributed by atoms with van der Waals surface area (Å²) in [6.07, 6.45) is 1.63. The summed E-state index contributed by atoms with van der Waals surface area (Å²) in [6, 6.07) is 2.04. The van der Waals surface area contributed by atoms with Crippen LogP contribution in [0, 0.1) is 10.6 Å². The molecule has 0 aliphatic carbocycles. The number of carbonyl (C=O) groups excluding carboxylic acids is 1. The highest BCUT2D eigenvalue weighted by molar-refractivity contribution is 14.1. The standard InChI is InChI=1S/C15H22IN3O2/c1-10-17-12(9-13(16)18-10)11-5-7-19(8-6-11)14(20)21-15(2,3)4/h9,11H,5-8H2,1-4H3. The van der Waals surface area contributed by atoms with E-state index in [4.69, 9.17) is 4.74 Å². The highest BCUT2D eigenvalue weighted by Crippen LogP contribution is 2.28. The van der Waals surface area contributed by atoms with Gasteiger partial charge in [-0.3, -0.25) is 0 Å². The third kappa shape index (κ3) is 4.79. The van der Waals surface area contributed by atoms with E-state index in [0.717, 1.165) is 41.2 Å². The molecule has 6 heteroatoms. The molecule has 1 aromatic heterocycles. The first-order valence-electron chi connectivity index (χ1n) is 7.23. The predicted molar refractivity (Wildman–Crippen MR) is 89.3 cm³/mol. The van der Waals surface area contributed by atoms with Crippen LogP contribution < -0.4 is 0 Å². The largest absolute Gasteiger partial charge is 0.444 e. The minimum Gasteiger partial charge on any atom is -0.444 e. The zero-order chi connectivity index (χ0) is 15.6. The Kier molecular flexibility index (Phi) is 5.06. The van der Waals surface area contributed by atoms with Gasteiger partial charge in [0, 0.05) is 24.7 Å². The molecule has 21 heavy (non-hydrogen) atoms. The average Bonchev–Trinajstić information content (AvgIpc) is 2.35. The molecule has 1 aliphatic heterocycles. The number of hydrogen-bond donors (Lipinski definition) is 0. The van der Waals surface area contributed by atoms with Crippen molar-refractivity contribution in [2.75, 3.05) is 13.1 Å². The SMILES string of the molecule is Cc1nc(I)cc(C2CCN(C(=O)OC(C)(C)C)CC2)n1. The maximum Gasteiger partial charge on any atom is 0.410 e. The minimum atomic E-state index is -0.437. The molecule has 2 rings (SSSR count). The molecule has 0 unspecified atom stereocenters. The Hall–Kier alpha value is -0.920. The van der Waals surface area contributed by atoms with E-state index in [-0.39, 0.29) is 6.09 Å². The molecule has 1 fully saturated rings. The van der Waals surface area contributed by atoms with E-state index in [2.05, 4.69) is 32.6 Å². The first kappa shape index (κ1) is 16.5. The van der Waals surface area contributed by atoms with Crippen LogP contribution in [0.1, 0.15) is 51.0 Å². The normalized spacial score (nSPS) is 16.9. The second-order valence-corrected chi connectivity index (χ2v) is 7.51. The quantitative estimate of drug-likeness (QED) is 0.532. The summed E-state index contributed by atoms with van der Waals surface area (Å²) < 4.78 is 6.39. The van der Waals surface area contributed by atoms with Crippen molar-refractivity contribution >= 4 is 28.7 Å². The molecule has 0 bridgehead atoms. The topological polar surface area (TPSA) is 55.3 Å². The van der Waals surface area contributed by atoms with Gasteiger partial charge in [0.2, 0.25) is 0 Å². The van der Waals surface area contributed by atoms with Gasteiger partial charge in [-0.2, -0.15) is 0 Å². The lowest BCUT2D eigenvalue weighted by Crippen LogP contribution is -2.41. The van der Waals surface area contributed by atoms with Crippen molar-refractivity contribution in [1.29, 1.82) is 0 Å². The number of likely N-dealkylation sites (tertiary alicyclic amines) is 1. The van der Waals surface area contributed by atoms with E-state index in [1.807, 2.05) is 33.8 Å². The van der Waals surface area contributed by atoms with Crippen molar-refractivity contribution in [3.8, 4) is 0 Å². The number of hydrogen-bond acceptors (Lipinski definition) is 4. The average molecular weight is 403 g/mol. The van der Waals surface area contributed by atoms with Crippen LogP contribution in [-0.2, 0) is 4.74 Å². The molecule has 1 amide bonds. The number of amides is 1. The van der Waals surface area contributed by atoms with Gasteiger partial charge in [-0.15, -0.1) is 0 Å². The maximum atomic E-state index is 12.0. The summed E-state index contributed by atoms with van der Waals surface area (Å²) in [6.45, 7) is 9.04. The maximum absolute atomic E-state index is 12.0. The predicted octanol–water partition coefficient (Wildman–Crippen LogP) is 3.50. The first-order chi connectivity index (χ1) is 9.74. The molecule has 0 spiro atoms. The molecule has 0 atom stereocenters. The van der Waals surface area contributed by atoms with Crippen LogP contribution in [0.2, 0.25) is 0 Å². The van der Waals surface area contributed by atoms with Gasteiger partial charge in [-0.05, 0) is 69.2 Å². The number of nitrogens with zero attached hydrogens (tertiary/aromatic N) is 3. The van der Waals surface area contributed by atoms with Gasteiger partial charge in [-0.25, -0.2) is 14.8 Å². The Morgan fingerprint density at radius 1 is 1.33 bits per heavy atom. The molecule has 0 aromatic carbocycles. The fraction of sp³-hybridized carbons (Fsp3) is 0.667. The highest BCUT2D eigenvalue weighted by atomic mass is 127. The number of carbonyl (C=O) groups is 1. The third-order valence-electron chi connectivity index (χ3n) is 3.39. The van der Waals surface area contributed by atoms with Crippen LogP contribution in [0.5, 0.6) is 0 Å². The van der Waals surface area contributed by atoms with Gasteiger partial charge in [0.1, 0.15) is 15.1 Å². The zero-order valence-electron chi connectivity index (χ0n) is 13.0. The summed E-state index contributed by atoms with van der Waals surface area (Å²) in [5.74, 6) is 1.21. The van der Waals surface area contributed by atoms with Crippen molar-refractivity contribution in [2.45, 2.75) is 52.1 Å². The lowest BCUT2D eigenvalue weighted by atomic mass is 9.93. The first-order valence-corrected chi connectivity index (χ1v) is 8.31. The Morgan fingerprint density at radius 2 is 1.95 bits per heavy atom. The Bertz CT molecular complexity index is 500. The van der Waals surface area contributed by atoms with Crippen LogP contribution in [0.15, 0.2) is 6.07 Å². The van der Waals surface area contributed by atoms with Gasteiger partial charge >= 0.3 is 6.09 Å². The highest BCUT2D eigenvalue weighted by Gasteiger charge is 2.28. The molecule has 5 nitrogen and oxygen atoms in total. The van der Waals surface area contributed by atoms with Crippen molar-refractivity contribution in [2.24, 2.45) is 0 Å². The van der Waals surface area contributed by atoms with Gasteiger partial charge in [0.05, 0.1) is 0 Å². The fourth-order valence-corrected chi connectivity index (χ4v) is 3.11. The third-order valence-corrected chi connectivity index (χ3v) is 3.94. The number of halogens is 1. The molecular formula is C15H22IN3O2. The van der Waals surface area contributed by atoms with E-state index < -0.39 is 5.60 Å². The molecule has 2 heterocycles. The van der Waals surface area contributed by atoms with Gasteiger partial charge < -0.3 is 9.64 Å². The number of aryl methyl sites for hydroxylation is 1. The van der Waals surface area contributed by atoms with Crippen LogP contribution in [0.3, 0.4) is 0 Å². The summed E-state index contributed by atoms with van der Waals surface area (Å²) in [5.41, 5.74) is 0.657. The van der Waals surface area contributed by atoms with Gasteiger partial charge in [-0.1, -0.05) is 0 Å². The summed E-state index contributed by atoms with van der Waals surface area (Å²) in [5, 5.41) is 0. The summed E-state index contributed by atoms with van der Waals surface area (Å²) >= 11 is 2.22. The second kappa shape index (κ2) is 6.46. The van der Waals surface area contributed by atoms with E-state index in [1.165, 1.54) is 0 Å². The van der Waals surface area contributed by atoms with Gasteiger partial charge in [0.15, 0.2) is 0 Å². The molecule has 1 aliphatic rings. The van der Waals surface area contributed by atoms with Crippen LogP contribution in [-0.4, -0.2) is 39.7 Å². The Labute approximate surface area is 139 Å². The summed E-state index contributed by atoms with van der Waals surface area (Å²) in [7, 11) is 0. The van der Waals surface area contributed by atoms with Crippen molar-refractivity contribution in [3.05, 3.63) is 21.3 Å². The molecule has 0 saturated carbocycles. The second-order valence-electron chi connectivity index (χ2n) is 6.40. The van der Waals surface area contributed by atoms with E-state index in [0.29, 0.717) is 5.92 Å². The molecule has 116 valence electrons. The smallest absolute Gasteiger partial charge is 0.410 e. The van der Waals surface area contributed by atoms with E-state index in [1.54, 1.807) is 4.90 Å². The molecule has 0 radical (unpaired) electrons. The monoisotopic (exact) mass is 403 g/mol. The van der Waals surface area contributed by atoms with Gasteiger partial charge in [0.25, 0.3) is 0 Å². The molecule has 0 N–H and O–H groups in total. The lowest BCUT2D eigenvalue weighted by molar-refractivity contribution is 0.0204. The van der Waals surface area contributed by atoms with Crippen molar-refractivity contribution in [1.82, 2.24) is 14.9 Å². The number of piperidine rings is 1. The van der Waals surface area contributed by atoms with E-state index in [9.17, 15) is 4.79 Å². The molecule has 1 saturated heterocycles. The minimum absolute atomic E-state index is 0.214. The Balaban J connectivity index is 1.95. The van der Waals surface area contributed by atoms with Crippen molar-refractivity contribution < 1.29 is 9.53 Å². The number of ether oxygens (including phenoxy) is 1. The molecular weight excluding hydrogens is 381 g/mol.